The van der Waals surface area contributed by atoms with Crippen LogP contribution in [0.25, 0.3) is 10.8 Å². The number of hydrogen-bond acceptors (Lipinski definition) is 6. The number of benzene rings is 2. The molecule has 8 nitrogen and oxygen atoms in total. The summed E-state index contributed by atoms with van der Waals surface area (Å²) < 4.78 is 12.4. The summed E-state index contributed by atoms with van der Waals surface area (Å²) in [5.74, 6) is -2.83. The summed E-state index contributed by atoms with van der Waals surface area (Å²) in [6.45, 7) is 11.3. The van der Waals surface area contributed by atoms with Gasteiger partial charge >= 0.3 is 5.97 Å². The van der Waals surface area contributed by atoms with Gasteiger partial charge in [0.15, 0.2) is 0 Å². The summed E-state index contributed by atoms with van der Waals surface area (Å²) in [4.78, 5) is 45.4. The third kappa shape index (κ3) is 4.77. The van der Waals surface area contributed by atoms with E-state index in [9.17, 15) is 19.5 Å². The molecule has 41 heavy (non-hydrogen) atoms. The Kier molecular flexibility index (Phi) is 8.08. The molecular weight excluding hydrogens is 520 g/mol. The molecule has 2 aromatic carbocycles. The number of ether oxygens (including phenoxy) is 2. The molecule has 2 unspecified atom stereocenters. The van der Waals surface area contributed by atoms with E-state index < -0.39 is 41.1 Å². The van der Waals surface area contributed by atoms with E-state index in [0.717, 1.165) is 23.6 Å². The zero-order valence-corrected chi connectivity index (χ0v) is 24.0. The average molecular weight is 561 g/mol. The van der Waals surface area contributed by atoms with Crippen LogP contribution in [-0.2, 0) is 23.9 Å². The predicted octanol–water partition coefficient (Wildman–Crippen LogP) is 4.40. The second-order valence-electron chi connectivity index (χ2n) is 11.7. The van der Waals surface area contributed by atoms with E-state index in [1.54, 1.807) is 17.9 Å². The van der Waals surface area contributed by atoms with Gasteiger partial charge in [0.25, 0.3) is 5.91 Å². The number of allylic oxidation sites excluding steroid dienone is 1. The van der Waals surface area contributed by atoms with Gasteiger partial charge < -0.3 is 24.4 Å². The summed E-state index contributed by atoms with van der Waals surface area (Å²) in [7, 11) is 0. The van der Waals surface area contributed by atoms with Crippen molar-refractivity contribution < 1.29 is 29.0 Å². The molecule has 3 fully saturated rings. The van der Waals surface area contributed by atoms with Crippen LogP contribution >= 0.6 is 0 Å². The molecule has 0 radical (unpaired) electrons. The molecule has 3 heterocycles. The minimum atomic E-state index is -1.20. The third-order valence-electron chi connectivity index (χ3n) is 9.11. The molecule has 8 heteroatoms. The fourth-order valence-electron chi connectivity index (χ4n) is 7.16. The van der Waals surface area contributed by atoms with E-state index in [1.807, 2.05) is 55.5 Å². The van der Waals surface area contributed by atoms with Crippen molar-refractivity contribution in [2.45, 2.75) is 69.2 Å². The van der Waals surface area contributed by atoms with Gasteiger partial charge in [-0.3, -0.25) is 14.4 Å². The molecular formula is C33H40N2O6. The van der Waals surface area contributed by atoms with Crippen LogP contribution in [0, 0.1) is 11.8 Å². The van der Waals surface area contributed by atoms with Crippen molar-refractivity contribution in [2.24, 2.45) is 11.8 Å². The molecule has 6 atom stereocenters. The molecule has 0 aromatic heterocycles. The largest absolute Gasteiger partial charge is 0.465 e. The second-order valence-corrected chi connectivity index (χ2v) is 11.7. The number of unbranched alkanes of at least 4 members (excludes halogenated alkanes) is 2. The van der Waals surface area contributed by atoms with Crippen molar-refractivity contribution in [3.8, 4) is 0 Å². The van der Waals surface area contributed by atoms with Gasteiger partial charge in [-0.05, 0) is 68.9 Å². The van der Waals surface area contributed by atoms with Crippen LogP contribution in [-0.4, -0.2) is 70.8 Å². The average Bonchev–Trinajstić information content (AvgIpc) is 3.55. The lowest BCUT2D eigenvalue weighted by Crippen LogP contribution is -2.58. The van der Waals surface area contributed by atoms with Crippen LogP contribution < -0.4 is 4.90 Å². The van der Waals surface area contributed by atoms with E-state index >= 15 is 0 Å². The van der Waals surface area contributed by atoms with E-state index in [4.69, 9.17) is 9.47 Å². The summed E-state index contributed by atoms with van der Waals surface area (Å²) in [5, 5.41) is 12.2. The normalized spacial score (nSPS) is 28.9. The first-order valence-corrected chi connectivity index (χ1v) is 14.5. The first-order chi connectivity index (χ1) is 19.7. The lowest BCUT2D eigenvalue weighted by atomic mass is 9.66. The molecule has 2 aromatic rings. The highest BCUT2D eigenvalue weighted by Gasteiger charge is 2.79. The predicted molar refractivity (Wildman–Crippen MR) is 157 cm³/mol. The van der Waals surface area contributed by atoms with Gasteiger partial charge in [0, 0.05) is 12.2 Å². The van der Waals surface area contributed by atoms with Crippen LogP contribution in [0.4, 0.5) is 5.69 Å². The Bertz CT molecular complexity index is 1360. The smallest absolute Gasteiger partial charge is 0.312 e. The fourth-order valence-corrected chi connectivity index (χ4v) is 7.16. The zero-order valence-electron chi connectivity index (χ0n) is 24.0. The van der Waals surface area contributed by atoms with Crippen molar-refractivity contribution in [3.63, 3.8) is 0 Å². The summed E-state index contributed by atoms with van der Waals surface area (Å²) in [6.07, 6.45) is 6.84. The maximum atomic E-state index is 14.6. The monoisotopic (exact) mass is 560 g/mol. The first-order valence-electron chi connectivity index (χ1n) is 14.5. The van der Waals surface area contributed by atoms with Crippen LogP contribution in [0.15, 0.2) is 67.8 Å². The molecule has 0 aliphatic carbocycles. The highest BCUT2D eigenvalue weighted by molar-refractivity contribution is 6.05. The first kappa shape index (κ1) is 29.0. The standard InChI is InChI=1S/C33H40N2O6/c1-5-7-8-11-19-40-31(39)27-26-29(37)35(22(3)21-36)28(33(26)17-16-32(27,4)41-33)30(38)34(18-6-2)25-15-14-23-12-9-10-13-24(23)20-25/h5-6,9-10,12-15,20,22,26-28,36H,1-2,7-8,11,16-19,21H2,3-4H3/t22-,26+,27-,28?,32+,33?/m1/s1. The van der Waals surface area contributed by atoms with E-state index in [-0.39, 0.29) is 31.6 Å². The van der Waals surface area contributed by atoms with Gasteiger partial charge in [-0.1, -0.05) is 42.5 Å². The number of anilines is 1. The van der Waals surface area contributed by atoms with Crippen LogP contribution in [0.2, 0.25) is 0 Å². The van der Waals surface area contributed by atoms with Gasteiger partial charge in [-0.15, -0.1) is 13.2 Å². The maximum absolute atomic E-state index is 14.6. The molecule has 1 N–H and O–H groups in total. The molecule has 3 saturated heterocycles. The van der Waals surface area contributed by atoms with Gasteiger partial charge in [-0.25, -0.2) is 0 Å². The van der Waals surface area contributed by atoms with E-state index in [0.29, 0.717) is 24.9 Å². The highest BCUT2D eigenvalue weighted by atomic mass is 16.6. The van der Waals surface area contributed by atoms with Gasteiger partial charge in [-0.2, -0.15) is 0 Å². The number of aliphatic hydroxyl groups excluding tert-OH is 1. The maximum Gasteiger partial charge on any atom is 0.312 e. The molecule has 3 aliphatic heterocycles. The molecule has 218 valence electrons. The molecule has 0 saturated carbocycles. The van der Waals surface area contributed by atoms with E-state index in [2.05, 4.69) is 13.2 Å². The third-order valence-corrected chi connectivity index (χ3v) is 9.11. The van der Waals surface area contributed by atoms with Crippen LogP contribution in [0.1, 0.15) is 46.0 Å². The number of likely N-dealkylation sites (tertiary alicyclic amines) is 1. The topological polar surface area (TPSA) is 96.4 Å². The molecule has 2 amide bonds. The highest BCUT2D eigenvalue weighted by Crippen LogP contribution is 2.63. The number of esters is 1. The second kappa shape index (κ2) is 11.4. The quantitative estimate of drug-likeness (QED) is 0.235. The van der Waals surface area contributed by atoms with E-state index in [1.165, 1.54) is 4.90 Å². The molecule has 3 aliphatic rings. The number of aliphatic hydroxyl groups is 1. The van der Waals surface area contributed by atoms with Crippen molar-refractivity contribution in [1.82, 2.24) is 4.90 Å². The van der Waals surface area contributed by atoms with Crippen LogP contribution in [0.5, 0.6) is 0 Å². The van der Waals surface area contributed by atoms with Crippen molar-refractivity contribution in [2.75, 3.05) is 24.7 Å². The van der Waals surface area contributed by atoms with Gasteiger partial charge in [0.05, 0.1) is 30.8 Å². The summed E-state index contributed by atoms with van der Waals surface area (Å²) in [6, 6.07) is 12.0. The Morgan fingerprint density at radius 1 is 1.17 bits per heavy atom. The van der Waals surface area contributed by atoms with Crippen LogP contribution in [0.3, 0.4) is 0 Å². The Morgan fingerprint density at radius 3 is 2.63 bits per heavy atom. The number of rotatable bonds is 12. The number of hydrogen-bond donors (Lipinski definition) is 1. The summed E-state index contributed by atoms with van der Waals surface area (Å²) in [5.41, 5.74) is -1.45. The minimum Gasteiger partial charge on any atom is -0.465 e. The lowest BCUT2D eigenvalue weighted by Gasteiger charge is -2.38. The zero-order chi connectivity index (χ0) is 29.4. The van der Waals surface area contributed by atoms with Gasteiger partial charge in [0.1, 0.15) is 17.6 Å². The fraction of sp³-hybridized carbons (Fsp3) is 0.485. The Balaban J connectivity index is 1.52. The van der Waals surface area contributed by atoms with Crippen molar-refractivity contribution in [1.29, 1.82) is 0 Å². The Labute approximate surface area is 241 Å². The molecule has 2 bridgehead atoms. The van der Waals surface area contributed by atoms with Crippen molar-refractivity contribution >= 4 is 34.2 Å². The van der Waals surface area contributed by atoms with Crippen molar-refractivity contribution in [3.05, 3.63) is 67.8 Å². The number of carbonyl (C=O) groups is 3. The number of carbonyl (C=O) groups excluding carboxylic acids is 3. The molecule has 1 spiro atoms. The molecule has 5 rings (SSSR count). The van der Waals surface area contributed by atoms with Gasteiger partial charge in [0.2, 0.25) is 5.91 Å². The number of nitrogens with zero attached hydrogens (tertiary/aromatic N) is 2. The summed E-state index contributed by atoms with van der Waals surface area (Å²) >= 11 is 0. The Morgan fingerprint density at radius 2 is 1.93 bits per heavy atom. The minimum absolute atomic E-state index is 0.220. The number of fused-ring (bicyclic) bond motifs is 2. The Hall–Kier alpha value is -3.49. The SMILES string of the molecule is C=CCCCCOC(=O)[C@H]1[C@H]2C(=O)N([C@H](C)CO)C(C(=O)N(CC=C)c3ccc4ccccc4c3)C23CC[C@]1(C)O3. The lowest BCUT2D eigenvalue weighted by molar-refractivity contribution is -0.160. The number of amides is 2.